The first-order valence-corrected chi connectivity index (χ1v) is 5.44. The lowest BCUT2D eigenvalue weighted by atomic mass is 10.2. The smallest absolute Gasteiger partial charge is 0.404 e. The van der Waals surface area contributed by atoms with E-state index in [0.717, 1.165) is 18.2 Å². The fourth-order valence-electron chi connectivity index (χ4n) is 1.56. The molecule has 1 heterocycles. The second-order valence-corrected chi connectivity index (χ2v) is 3.84. The van der Waals surface area contributed by atoms with Crippen molar-refractivity contribution in [1.82, 2.24) is 5.32 Å². The van der Waals surface area contributed by atoms with Crippen LogP contribution in [0.15, 0.2) is 34.7 Å². The van der Waals surface area contributed by atoms with Gasteiger partial charge in [0.15, 0.2) is 0 Å². The largest absolute Gasteiger partial charge is 0.433 e. The fourth-order valence-corrected chi connectivity index (χ4v) is 1.56. The highest BCUT2D eigenvalue weighted by atomic mass is 19.1. The van der Waals surface area contributed by atoms with Crippen LogP contribution in [-0.2, 0) is 13.1 Å². The van der Waals surface area contributed by atoms with Crippen LogP contribution >= 0.6 is 0 Å². The van der Waals surface area contributed by atoms with Crippen molar-refractivity contribution < 1.29 is 18.1 Å². The molecule has 0 atom stereocenters. The summed E-state index contributed by atoms with van der Waals surface area (Å²) in [5.41, 5.74) is 0.182. The Morgan fingerprint density at radius 2 is 2.00 bits per heavy atom. The van der Waals surface area contributed by atoms with Crippen LogP contribution in [0.1, 0.15) is 11.3 Å². The molecule has 0 fully saturated rings. The van der Waals surface area contributed by atoms with E-state index in [1.54, 1.807) is 0 Å². The monoisotopic (exact) mass is 268 g/mol. The summed E-state index contributed by atoms with van der Waals surface area (Å²) in [6, 6.07) is 5.86. The number of hydrogen-bond donors (Lipinski definition) is 1. The summed E-state index contributed by atoms with van der Waals surface area (Å²) in [6.45, 7) is 0.280. The van der Waals surface area contributed by atoms with Gasteiger partial charge in [0.2, 0.25) is 0 Å². The summed E-state index contributed by atoms with van der Waals surface area (Å²) in [6.07, 6.45) is 0. The number of rotatable bonds is 5. The van der Waals surface area contributed by atoms with Crippen molar-refractivity contribution in [2.75, 3.05) is 0 Å². The molecule has 100 valence electrons. The number of benzene rings is 1. The topological polar surface area (TPSA) is 68.3 Å². The SMILES string of the molecule is O=[N+]([O-])c1ccc(CNCc2cc(F)ccc2F)o1. The third kappa shape index (κ3) is 3.35. The van der Waals surface area contributed by atoms with Gasteiger partial charge in [-0.25, -0.2) is 8.78 Å². The molecule has 2 rings (SSSR count). The summed E-state index contributed by atoms with van der Waals surface area (Å²) < 4.78 is 31.1. The van der Waals surface area contributed by atoms with Crippen LogP contribution in [0, 0.1) is 21.7 Å². The fraction of sp³-hybridized carbons (Fsp3) is 0.167. The zero-order valence-electron chi connectivity index (χ0n) is 9.73. The molecular weight excluding hydrogens is 258 g/mol. The van der Waals surface area contributed by atoms with Crippen LogP contribution in [0.4, 0.5) is 14.7 Å². The molecule has 0 amide bonds. The van der Waals surface area contributed by atoms with Gasteiger partial charge < -0.3 is 9.73 Å². The van der Waals surface area contributed by atoms with Gasteiger partial charge in [-0.3, -0.25) is 10.1 Å². The van der Waals surface area contributed by atoms with Gasteiger partial charge in [-0.15, -0.1) is 0 Å². The maximum absolute atomic E-state index is 13.3. The molecule has 1 aromatic heterocycles. The van der Waals surface area contributed by atoms with E-state index in [1.165, 1.54) is 12.1 Å². The maximum Gasteiger partial charge on any atom is 0.433 e. The number of nitro groups is 1. The second kappa shape index (κ2) is 5.57. The Labute approximate surface area is 107 Å². The molecule has 0 radical (unpaired) electrons. The zero-order chi connectivity index (χ0) is 13.8. The number of hydrogen-bond acceptors (Lipinski definition) is 4. The average Bonchev–Trinajstić information content (AvgIpc) is 2.82. The van der Waals surface area contributed by atoms with Gasteiger partial charge in [-0.2, -0.15) is 0 Å². The molecule has 0 spiro atoms. The first kappa shape index (κ1) is 13.2. The third-order valence-corrected chi connectivity index (χ3v) is 2.45. The second-order valence-electron chi connectivity index (χ2n) is 3.84. The van der Waals surface area contributed by atoms with E-state index >= 15 is 0 Å². The lowest BCUT2D eigenvalue weighted by Gasteiger charge is -2.04. The minimum absolute atomic E-state index is 0.0953. The van der Waals surface area contributed by atoms with Crippen LogP contribution < -0.4 is 5.32 Å². The molecule has 0 aliphatic rings. The van der Waals surface area contributed by atoms with Crippen LogP contribution in [0.5, 0.6) is 0 Å². The van der Waals surface area contributed by atoms with E-state index in [-0.39, 0.29) is 24.5 Å². The van der Waals surface area contributed by atoms with E-state index in [0.29, 0.717) is 5.76 Å². The molecule has 7 heteroatoms. The molecular formula is C12H10F2N2O3. The Morgan fingerprint density at radius 3 is 2.68 bits per heavy atom. The molecule has 0 saturated heterocycles. The minimum atomic E-state index is -0.643. The van der Waals surface area contributed by atoms with E-state index in [4.69, 9.17) is 4.42 Å². The van der Waals surface area contributed by atoms with Crippen molar-refractivity contribution in [2.24, 2.45) is 0 Å². The van der Waals surface area contributed by atoms with Gasteiger partial charge in [0, 0.05) is 12.1 Å². The molecule has 2 aromatic rings. The number of nitrogens with zero attached hydrogens (tertiary/aromatic N) is 1. The molecule has 1 aromatic carbocycles. The summed E-state index contributed by atoms with van der Waals surface area (Å²) >= 11 is 0. The molecule has 0 saturated carbocycles. The number of nitrogens with one attached hydrogen (secondary N) is 1. The highest BCUT2D eigenvalue weighted by Crippen LogP contribution is 2.15. The zero-order valence-corrected chi connectivity index (χ0v) is 9.73. The summed E-state index contributed by atoms with van der Waals surface area (Å²) in [5, 5.41) is 13.2. The Morgan fingerprint density at radius 1 is 1.21 bits per heavy atom. The Balaban J connectivity index is 1.92. The van der Waals surface area contributed by atoms with Crippen molar-refractivity contribution in [3.05, 3.63) is 63.4 Å². The average molecular weight is 268 g/mol. The quantitative estimate of drug-likeness (QED) is 0.668. The Bertz CT molecular complexity index is 598. The Kier molecular flexibility index (Phi) is 3.86. The van der Waals surface area contributed by atoms with E-state index in [1.807, 2.05) is 0 Å². The maximum atomic E-state index is 13.3. The van der Waals surface area contributed by atoms with Crippen LogP contribution in [0.2, 0.25) is 0 Å². The minimum Gasteiger partial charge on any atom is -0.404 e. The molecule has 0 unspecified atom stereocenters. The van der Waals surface area contributed by atoms with Crippen molar-refractivity contribution in [3.63, 3.8) is 0 Å². The van der Waals surface area contributed by atoms with Crippen LogP contribution in [0.25, 0.3) is 0 Å². The summed E-state index contributed by atoms with van der Waals surface area (Å²) in [7, 11) is 0. The van der Waals surface area contributed by atoms with Gasteiger partial charge in [-0.05, 0) is 24.3 Å². The van der Waals surface area contributed by atoms with Gasteiger partial charge in [-0.1, -0.05) is 0 Å². The molecule has 0 aliphatic carbocycles. The standard InChI is InChI=1S/C12H10F2N2O3/c13-9-1-3-11(14)8(5-9)6-15-7-10-2-4-12(19-10)16(17)18/h1-5,15H,6-7H2. The van der Waals surface area contributed by atoms with E-state index in [2.05, 4.69) is 5.32 Å². The first-order valence-electron chi connectivity index (χ1n) is 5.44. The van der Waals surface area contributed by atoms with Crippen molar-refractivity contribution in [3.8, 4) is 0 Å². The van der Waals surface area contributed by atoms with E-state index in [9.17, 15) is 18.9 Å². The van der Waals surface area contributed by atoms with Crippen molar-refractivity contribution in [2.45, 2.75) is 13.1 Å². The molecule has 0 aliphatic heterocycles. The predicted molar refractivity (Wildman–Crippen MR) is 62.3 cm³/mol. The highest BCUT2D eigenvalue weighted by molar-refractivity contribution is 5.19. The number of furan rings is 1. The van der Waals surface area contributed by atoms with Gasteiger partial charge >= 0.3 is 5.88 Å². The third-order valence-electron chi connectivity index (χ3n) is 2.45. The van der Waals surface area contributed by atoms with Gasteiger partial charge in [0.05, 0.1) is 12.6 Å². The molecule has 1 N–H and O–H groups in total. The van der Waals surface area contributed by atoms with Crippen LogP contribution in [-0.4, -0.2) is 4.92 Å². The number of halogens is 2. The summed E-state index contributed by atoms with van der Waals surface area (Å²) in [5.74, 6) is -1.04. The molecule has 0 bridgehead atoms. The molecule has 5 nitrogen and oxygen atoms in total. The molecule has 19 heavy (non-hydrogen) atoms. The van der Waals surface area contributed by atoms with Crippen molar-refractivity contribution >= 4 is 5.88 Å². The van der Waals surface area contributed by atoms with Gasteiger partial charge in [0.25, 0.3) is 0 Å². The summed E-state index contributed by atoms with van der Waals surface area (Å²) in [4.78, 5) is 9.75. The van der Waals surface area contributed by atoms with Crippen LogP contribution in [0.3, 0.4) is 0 Å². The Hall–Kier alpha value is -2.28. The van der Waals surface area contributed by atoms with E-state index < -0.39 is 16.6 Å². The normalized spacial score (nSPS) is 10.6. The highest BCUT2D eigenvalue weighted by Gasteiger charge is 2.11. The predicted octanol–water partition coefficient (Wildman–Crippen LogP) is 2.76. The van der Waals surface area contributed by atoms with Crippen molar-refractivity contribution in [1.29, 1.82) is 0 Å². The lowest BCUT2D eigenvalue weighted by Crippen LogP contribution is -2.13. The lowest BCUT2D eigenvalue weighted by molar-refractivity contribution is -0.402. The van der Waals surface area contributed by atoms with Gasteiger partial charge in [0.1, 0.15) is 22.3 Å². The first-order chi connectivity index (χ1) is 9.06.